The van der Waals surface area contributed by atoms with E-state index < -0.39 is 11.9 Å². The number of amides is 3. The van der Waals surface area contributed by atoms with Gasteiger partial charge in [0.15, 0.2) is 10.8 Å². The molecule has 11 rings (SSSR count). The van der Waals surface area contributed by atoms with Gasteiger partial charge in [-0.3, -0.25) is 39.6 Å². The Morgan fingerprint density at radius 1 is 0.847 bits per heavy atom. The second-order valence-electron chi connectivity index (χ2n) is 19.2. The topological polar surface area (TPSA) is 197 Å². The third-order valence-corrected chi connectivity index (χ3v) is 15.6. The number of imide groups is 1. The predicted molar refractivity (Wildman–Crippen MR) is 275 cm³/mol. The number of aromatic nitrogens is 5. The van der Waals surface area contributed by atoms with Crippen molar-refractivity contribution in [1.29, 1.82) is 0 Å². The maximum Gasteiger partial charge on any atom is 0.355 e. The molecule has 17 nitrogen and oxygen atoms in total. The van der Waals surface area contributed by atoms with Gasteiger partial charge < -0.3 is 24.4 Å². The smallest absolute Gasteiger partial charge is 0.355 e. The van der Waals surface area contributed by atoms with Gasteiger partial charge in [-0.15, -0.1) is 0 Å². The van der Waals surface area contributed by atoms with Crippen LogP contribution in [0.4, 0.5) is 16.6 Å². The van der Waals surface area contributed by atoms with Crippen LogP contribution in [0.2, 0.25) is 0 Å². The lowest BCUT2D eigenvalue weighted by molar-refractivity contribution is -0.134. The van der Waals surface area contributed by atoms with Crippen LogP contribution >= 0.6 is 11.3 Å². The predicted octanol–water partition coefficient (Wildman–Crippen LogP) is 7.51. The maximum absolute atomic E-state index is 13.6. The molecular weight excluding hydrogens is 933 g/mol. The Hall–Kier alpha value is -7.28. The number of para-hydroxylation sites is 1. The fourth-order valence-corrected chi connectivity index (χ4v) is 11.6. The summed E-state index contributed by atoms with van der Waals surface area (Å²) in [4.78, 5) is 71.2. The first-order chi connectivity index (χ1) is 35.0. The van der Waals surface area contributed by atoms with E-state index >= 15 is 0 Å². The zero-order valence-corrected chi connectivity index (χ0v) is 41.1. The van der Waals surface area contributed by atoms with Crippen molar-refractivity contribution in [3.63, 3.8) is 0 Å². The Bertz CT molecular complexity index is 3200. The van der Waals surface area contributed by atoms with E-state index in [4.69, 9.17) is 19.6 Å². The van der Waals surface area contributed by atoms with Crippen molar-refractivity contribution in [2.75, 3.05) is 61.0 Å². The maximum atomic E-state index is 13.6. The first kappa shape index (κ1) is 47.1. The van der Waals surface area contributed by atoms with Gasteiger partial charge in [-0.05, 0) is 123 Å². The minimum absolute atomic E-state index is 0.0424. The number of fused-ring (bicyclic) bond motifs is 3. The molecule has 3 amide bonds. The third kappa shape index (κ3) is 9.73. The normalized spacial score (nSPS) is 19.6. The fourth-order valence-electron chi connectivity index (χ4n) is 10.7. The van der Waals surface area contributed by atoms with Gasteiger partial charge in [0.2, 0.25) is 11.8 Å². The number of benzene rings is 3. The number of carbonyl (C=O) groups is 4. The van der Waals surface area contributed by atoms with E-state index in [0.29, 0.717) is 61.2 Å². The average Bonchev–Trinajstić information content (AvgIpc) is 3.95. The van der Waals surface area contributed by atoms with Crippen LogP contribution in [0.1, 0.15) is 87.8 Å². The number of ether oxygens (including phenoxy) is 2. The molecule has 3 fully saturated rings. The molecule has 1 atom stereocenters. The molecule has 4 aliphatic rings. The SMILES string of the molecule is Cc1cc(OC2CCC(OCCN3CCN(c4ccc5c(C6CCC(=O)NC6=O)nn(C)c5c4)CC3)CC2)ccc1-c1ccc(N2CCc3ccnc(C(=O)Nc4nc5ccccc5s4)c3C2)nc1C(=O)O. The molecule has 72 heavy (non-hydrogen) atoms. The number of nitrogens with one attached hydrogen (secondary N) is 2. The number of aromatic carboxylic acids is 1. The van der Waals surface area contributed by atoms with E-state index in [9.17, 15) is 24.3 Å². The zero-order chi connectivity index (χ0) is 49.5. The molecule has 7 heterocycles. The summed E-state index contributed by atoms with van der Waals surface area (Å²) in [5.74, 6) is -1.11. The van der Waals surface area contributed by atoms with E-state index in [2.05, 4.69) is 48.6 Å². The third-order valence-electron chi connectivity index (χ3n) is 14.6. The highest BCUT2D eigenvalue weighted by Gasteiger charge is 2.33. The van der Waals surface area contributed by atoms with Gasteiger partial charge in [0.1, 0.15) is 17.3 Å². The lowest BCUT2D eigenvalue weighted by atomic mass is 9.93. The number of thiazole rings is 1. The molecule has 2 saturated heterocycles. The summed E-state index contributed by atoms with van der Waals surface area (Å²) >= 11 is 1.41. The highest BCUT2D eigenvalue weighted by atomic mass is 32.1. The van der Waals surface area contributed by atoms with Crippen molar-refractivity contribution >= 4 is 72.8 Å². The number of carboxylic acid groups (broad SMARTS) is 1. The summed E-state index contributed by atoms with van der Waals surface area (Å²) in [6.07, 6.45) is 7.00. The highest BCUT2D eigenvalue weighted by Crippen LogP contribution is 2.36. The number of hydrogen-bond donors (Lipinski definition) is 3. The molecule has 3 aromatic carbocycles. The van der Waals surface area contributed by atoms with Gasteiger partial charge in [0, 0.05) is 87.7 Å². The van der Waals surface area contributed by atoms with Crippen molar-refractivity contribution in [1.82, 2.24) is 34.9 Å². The monoisotopic (exact) mass is 988 g/mol. The van der Waals surface area contributed by atoms with E-state index in [-0.39, 0.29) is 35.6 Å². The molecule has 1 aliphatic carbocycles. The second-order valence-corrected chi connectivity index (χ2v) is 20.2. The lowest BCUT2D eigenvalue weighted by Gasteiger charge is -2.36. The van der Waals surface area contributed by atoms with Gasteiger partial charge in [-0.25, -0.2) is 14.8 Å². The summed E-state index contributed by atoms with van der Waals surface area (Å²) in [7, 11) is 1.90. The van der Waals surface area contributed by atoms with Crippen LogP contribution in [-0.2, 0) is 34.3 Å². The molecule has 18 heteroatoms. The van der Waals surface area contributed by atoms with Crippen molar-refractivity contribution < 1.29 is 33.8 Å². The van der Waals surface area contributed by atoms with Gasteiger partial charge in [-0.1, -0.05) is 29.5 Å². The summed E-state index contributed by atoms with van der Waals surface area (Å²) in [5, 5.41) is 22.0. The minimum Gasteiger partial charge on any atom is -0.490 e. The first-order valence-corrected chi connectivity index (χ1v) is 25.6. The lowest BCUT2D eigenvalue weighted by Crippen LogP contribution is -2.47. The summed E-state index contributed by atoms with van der Waals surface area (Å²) < 4.78 is 15.7. The quantitative estimate of drug-likeness (QED) is 0.0960. The number of carbonyl (C=O) groups excluding carboxylic acids is 3. The molecule has 7 aromatic rings. The molecule has 370 valence electrons. The number of pyridine rings is 2. The molecule has 1 unspecified atom stereocenters. The van der Waals surface area contributed by atoms with Crippen LogP contribution < -0.4 is 25.2 Å². The van der Waals surface area contributed by atoms with Crippen LogP contribution in [0.5, 0.6) is 5.75 Å². The summed E-state index contributed by atoms with van der Waals surface area (Å²) in [6, 6.07) is 25.5. The largest absolute Gasteiger partial charge is 0.490 e. The number of aryl methyl sites for hydroxylation is 2. The van der Waals surface area contributed by atoms with Crippen molar-refractivity contribution in [3.05, 3.63) is 119 Å². The Labute approximate surface area is 420 Å². The molecule has 0 bridgehead atoms. The minimum atomic E-state index is -1.12. The average molecular weight is 989 g/mol. The number of piperazine rings is 1. The van der Waals surface area contributed by atoms with E-state index in [0.717, 1.165) is 119 Å². The number of hydrogen-bond acceptors (Lipinski definition) is 14. The molecule has 3 N–H and O–H groups in total. The number of piperidine rings is 1. The van der Waals surface area contributed by atoms with Crippen LogP contribution in [0.25, 0.3) is 32.2 Å². The standard InChI is InChI=1S/C54H56N10O7S/c1-32-29-37(71-36-10-8-35(9-11-36)70-28-27-62-23-25-63(26-24-62)34-7-13-40-44(30-34)61(2)60-48(40)41-16-18-47(65)58-51(41)66)12-14-38(32)39-15-17-46(57-50(39)53(68)69)64-22-20-33-19-21-55-49(42(33)31-64)52(67)59-54-56-43-5-3-4-6-45(43)72-54/h3-7,12-15,17,19,21,29-30,35-36,41H,8-11,16,18,20,22-28,31H2,1-2H3,(H,68,69)(H,56,59,67)(H,58,65,66). The molecule has 0 spiro atoms. The summed E-state index contributed by atoms with van der Waals surface area (Å²) in [6.45, 7) is 8.17. The second kappa shape index (κ2) is 20.1. The highest BCUT2D eigenvalue weighted by molar-refractivity contribution is 7.22. The van der Waals surface area contributed by atoms with Crippen LogP contribution in [0, 0.1) is 6.92 Å². The van der Waals surface area contributed by atoms with Crippen molar-refractivity contribution in [2.45, 2.75) is 76.5 Å². The molecule has 4 aromatic heterocycles. The van der Waals surface area contributed by atoms with Gasteiger partial charge in [-0.2, -0.15) is 5.10 Å². The fraction of sp³-hybridized carbons (Fsp3) is 0.370. The number of anilines is 3. The number of nitrogens with zero attached hydrogens (tertiary/aromatic N) is 8. The van der Waals surface area contributed by atoms with Gasteiger partial charge in [0.25, 0.3) is 5.91 Å². The number of rotatable bonds is 13. The molecular formula is C54H56N10O7S. The van der Waals surface area contributed by atoms with E-state index in [1.54, 1.807) is 6.20 Å². The first-order valence-electron chi connectivity index (χ1n) is 24.8. The molecule has 3 aliphatic heterocycles. The Kier molecular flexibility index (Phi) is 13.1. The molecule has 0 radical (unpaired) electrons. The molecule has 1 saturated carbocycles. The Morgan fingerprint density at radius 3 is 2.44 bits per heavy atom. The Morgan fingerprint density at radius 2 is 1.65 bits per heavy atom. The van der Waals surface area contributed by atoms with E-state index in [1.165, 1.54) is 11.3 Å². The van der Waals surface area contributed by atoms with Crippen molar-refractivity contribution in [3.8, 4) is 16.9 Å². The van der Waals surface area contributed by atoms with Crippen LogP contribution in [-0.4, -0.2) is 117 Å². The van der Waals surface area contributed by atoms with Gasteiger partial charge in [0.05, 0.1) is 46.2 Å². The van der Waals surface area contributed by atoms with Gasteiger partial charge >= 0.3 is 5.97 Å². The van der Waals surface area contributed by atoms with Crippen LogP contribution in [0.3, 0.4) is 0 Å². The van der Waals surface area contributed by atoms with Crippen LogP contribution in [0.15, 0.2) is 85.1 Å². The van der Waals surface area contributed by atoms with Crippen molar-refractivity contribution in [2.24, 2.45) is 7.05 Å². The summed E-state index contributed by atoms with van der Waals surface area (Å²) in [5.41, 5.74) is 7.92. The zero-order valence-electron chi connectivity index (χ0n) is 40.3. The Balaban J connectivity index is 0.648. The number of carboxylic acids is 1. The van der Waals surface area contributed by atoms with E-state index in [1.807, 2.05) is 84.2 Å².